The number of nitrogens with one attached hydrogen (secondary N) is 1. The molecule has 3 nitrogen and oxygen atoms in total. The van der Waals surface area contributed by atoms with Gasteiger partial charge in [-0.2, -0.15) is 0 Å². The molecule has 0 saturated heterocycles. The average Bonchev–Trinajstić information content (AvgIpc) is 3.45. The predicted molar refractivity (Wildman–Crippen MR) is 142 cm³/mol. The van der Waals surface area contributed by atoms with Crippen LogP contribution in [-0.2, 0) is 5.41 Å². The van der Waals surface area contributed by atoms with Crippen LogP contribution < -0.4 is 5.32 Å². The van der Waals surface area contributed by atoms with E-state index in [2.05, 4.69) is 113 Å². The van der Waals surface area contributed by atoms with Crippen LogP contribution in [0.25, 0.3) is 10.2 Å². The number of hydrogen-bond donors (Lipinski definition) is 1. The molecule has 170 valence electrons. The smallest absolute Gasteiger partial charge is 0.188 e. The number of allylic oxidation sites excluding steroid dienone is 4. The molecule has 1 heterocycles. The van der Waals surface area contributed by atoms with Gasteiger partial charge >= 0.3 is 0 Å². The van der Waals surface area contributed by atoms with Gasteiger partial charge < -0.3 is 10.2 Å². The molecule has 0 amide bonds. The second-order valence-electron chi connectivity index (χ2n) is 8.84. The molecular weight excluding hydrogens is 410 g/mol. The fourth-order valence-electron chi connectivity index (χ4n) is 4.35. The van der Waals surface area contributed by atoms with Crippen LogP contribution in [0, 0.1) is 19.8 Å². The lowest BCUT2D eigenvalue weighted by Gasteiger charge is -2.43. The average molecular weight is 448 g/mol. The number of benzene rings is 2. The maximum Gasteiger partial charge on any atom is 0.188 e. The molecule has 4 heteroatoms. The van der Waals surface area contributed by atoms with Crippen LogP contribution in [0.5, 0.6) is 0 Å². The van der Waals surface area contributed by atoms with Gasteiger partial charge in [0.25, 0.3) is 0 Å². The summed E-state index contributed by atoms with van der Waals surface area (Å²) < 4.78 is 1.23. The molecule has 0 fully saturated rings. The highest BCUT2D eigenvalue weighted by molar-refractivity contribution is 7.22. The van der Waals surface area contributed by atoms with Crippen molar-refractivity contribution in [2.24, 2.45) is 5.92 Å². The lowest BCUT2D eigenvalue weighted by atomic mass is 9.67. The van der Waals surface area contributed by atoms with Crippen molar-refractivity contribution in [3.63, 3.8) is 0 Å². The Balaban J connectivity index is 0.00000141. The number of hydrogen-bond acceptors (Lipinski definition) is 4. The minimum atomic E-state index is -0.00353. The highest BCUT2D eigenvalue weighted by Crippen LogP contribution is 2.41. The van der Waals surface area contributed by atoms with E-state index in [0.717, 1.165) is 16.3 Å². The number of aryl methyl sites for hydroxylation is 2. The zero-order valence-electron chi connectivity index (χ0n) is 20.7. The SMILES string of the molecule is CC.Cc1cc2nc(Nc3ccc(C(C)(C4C=CC=C4)C(C)N(C)C)cc3)sc2cc1C. The van der Waals surface area contributed by atoms with Crippen LogP contribution in [0.15, 0.2) is 60.7 Å². The number of likely N-dealkylation sites (N-methyl/N-ethyl adjacent to an activating group) is 1. The van der Waals surface area contributed by atoms with Crippen molar-refractivity contribution in [1.29, 1.82) is 0 Å². The van der Waals surface area contributed by atoms with Crippen molar-refractivity contribution in [3.05, 3.63) is 77.4 Å². The highest BCUT2D eigenvalue weighted by atomic mass is 32.1. The zero-order chi connectivity index (χ0) is 23.5. The molecule has 0 saturated carbocycles. The molecule has 1 N–H and O–H groups in total. The van der Waals surface area contributed by atoms with Gasteiger partial charge in [-0.1, -0.05) is 68.5 Å². The Morgan fingerprint density at radius 1 is 1.00 bits per heavy atom. The van der Waals surface area contributed by atoms with Crippen molar-refractivity contribution >= 4 is 32.4 Å². The molecule has 1 aliphatic carbocycles. The summed E-state index contributed by atoms with van der Waals surface area (Å²) in [5, 5.41) is 4.44. The van der Waals surface area contributed by atoms with Gasteiger partial charge in [0.05, 0.1) is 10.2 Å². The van der Waals surface area contributed by atoms with Crippen molar-refractivity contribution in [2.45, 2.75) is 53.0 Å². The van der Waals surface area contributed by atoms with Crippen LogP contribution in [0.3, 0.4) is 0 Å². The van der Waals surface area contributed by atoms with Gasteiger partial charge in [0, 0.05) is 23.1 Å². The van der Waals surface area contributed by atoms with Gasteiger partial charge in [-0.25, -0.2) is 4.98 Å². The molecule has 0 radical (unpaired) electrons. The van der Waals surface area contributed by atoms with Crippen LogP contribution in [-0.4, -0.2) is 30.0 Å². The van der Waals surface area contributed by atoms with Gasteiger partial charge in [0.15, 0.2) is 5.13 Å². The second-order valence-corrected chi connectivity index (χ2v) is 9.87. The van der Waals surface area contributed by atoms with Gasteiger partial charge in [0.2, 0.25) is 0 Å². The van der Waals surface area contributed by atoms with E-state index in [1.165, 1.54) is 21.4 Å². The summed E-state index contributed by atoms with van der Waals surface area (Å²) in [6.45, 7) is 13.0. The maximum atomic E-state index is 4.78. The topological polar surface area (TPSA) is 28.2 Å². The fraction of sp³-hybridized carbons (Fsp3) is 0.393. The van der Waals surface area contributed by atoms with Crippen LogP contribution in [0.4, 0.5) is 10.8 Å². The van der Waals surface area contributed by atoms with Gasteiger partial charge in [0.1, 0.15) is 0 Å². The van der Waals surface area contributed by atoms with Crippen molar-refractivity contribution in [2.75, 3.05) is 19.4 Å². The van der Waals surface area contributed by atoms with E-state index < -0.39 is 0 Å². The Morgan fingerprint density at radius 2 is 1.59 bits per heavy atom. The number of rotatable bonds is 6. The predicted octanol–water partition coefficient (Wildman–Crippen LogP) is 7.63. The summed E-state index contributed by atoms with van der Waals surface area (Å²) in [5.74, 6) is 0.393. The fourth-order valence-corrected chi connectivity index (χ4v) is 5.32. The molecule has 1 aliphatic rings. The summed E-state index contributed by atoms with van der Waals surface area (Å²) in [4.78, 5) is 7.09. The molecule has 0 bridgehead atoms. The lowest BCUT2D eigenvalue weighted by molar-refractivity contribution is 0.179. The van der Waals surface area contributed by atoms with E-state index in [1.807, 2.05) is 13.8 Å². The minimum Gasteiger partial charge on any atom is -0.332 e. The maximum absolute atomic E-state index is 4.78. The van der Waals surface area contributed by atoms with E-state index >= 15 is 0 Å². The normalized spacial score (nSPS) is 16.2. The van der Waals surface area contributed by atoms with Crippen LogP contribution in [0.1, 0.15) is 44.4 Å². The van der Waals surface area contributed by atoms with Gasteiger partial charge in [-0.3, -0.25) is 0 Å². The van der Waals surface area contributed by atoms with Gasteiger partial charge in [-0.05, 0) is 75.8 Å². The van der Waals surface area contributed by atoms with Crippen LogP contribution >= 0.6 is 11.3 Å². The third-order valence-electron chi connectivity index (χ3n) is 6.85. The third-order valence-corrected chi connectivity index (χ3v) is 7.78. The lowest BCUT2D eigenvalue weighted by Crippen LogP contribution is -2.47. The first-order chi connectivity index (χ1) is 15.3. The summed E-state index contributed by atoms with van der Waals surface area (Å²) in [6.07, 6.45) is 8.96. The molecule has 0 aliphatic heterocycles. The summed E-state index contributed by atoms with van der Waals surface area (Å²) >= 11 is 1.71. The van der Waals surface area contributed by atoms with Crippen molar-refractivity contribution in [1.82, 2.24) is 9.88 Å². The Labute approximate surface area is 197 Å². The highest BCUT2D eigenvalue weighted by Gasteiger charge is 2.40. The van der Waals surface area contributed by atoms with Gasteiger partial charge in [-0.15, -0.1) is 0 Å². The summed E-state index contributed by atoms with van der Waals surface area (Å²) in [5.41, 5.74) is 6.08. The van der Waals surface area contributed by atoms with Crippen molar-refractivity contribution < 1.29 is 0 Å². The number of fused-ring (bicyclic) bond motifs is 1. The first-order valence-electron chi connectivity index (χ1n) is 11.6. The largest absolute Gasteiger partial charge is 0.332 e. The molecular formula is C28H37N3S. The Morgan fingerprint density at radius 3 is 2.19 bits per heavy atom. The van der Waals surface area contributed by atoms with E-state index in [-0.39, 0.29) is 5.41 Å². The molecule has 2 aromatic carbocycles. The number of thiazole rings is 1. The Bertz CT molecular complexity index is 1060. The monoisotopic (exact) mass is 447 g/mol. The first-order valence-corrected chi connectivity index (χ1v) is 12.4. The Hall–Kier alpha value is -2.43. The molecule has 0 spiro atoms. The molecule has 4 rings (SSSR count). The van der Waals surface area contributed by atoms with E-state index in [9.17, 15) is 0 Å². The summed E-state index contributed by atoms with van der Waals surface area (Å²) in [6, 6.07) is 13.7. The molecule has 2 unspecified atom stereocenters. The molecule has 3 aromatic rings. The first kappa shape index (κ1) is 24.2. The minimum absolute atomic E-state index is 0.00353. The third kappa shape index (κ3) is 4.67. The van der Waals surface area contributed by atoms with Crippen molar-refractivity contribution in [3.8, 4) is 0 Å². The number of aromatic nitrogens is 1. The zero-order valence-corrected chi connectivity index (χ0v) is 21.5. The Kier molecular flexibility index (Phi) is 7.58. The van der Waals surface area contributed by atoms with E-state index in [0.29, 0.717) is 12.0 Å². The standard InChI is InChI=1S/C26H31N3S.C2H6/c1-17-15-23-24(16-18(17)2)30-25(28-23)27-22-13-11-21(12-14-22)26(4,19(3)29(5)6)20-9-7-8-10-20;1-2/h7-16,19-20H,1-6H3,(H,27,28);1-2H3. The quantitative estimate of drug-likeness (QED) is 0.421. The van der Waals surface area contributed by atoms with Crippen LogP contribution in [0.2, 0.25) is 0 Å². The summed E-state index contributed by atoms with van der Waals surface area (Å²) in [7, 11) is 4.33. The number of nitrogens with zero attached hydrogens (tertiary/aromatic N) is 2. The van der Waals surface area contributed by atoms with E-state index in [1.54, 1.807) is 11.3 Å². The number of anilines is 2. The molecule has 2 atom stereocenters. The molecule has 1 aromatic heterocycles. The second kappa shape index (κ2) is 10.0. The molecule has 32 heavy (non-hydrogen) atoms. The van der Waals surface area contributed by atoms with E-state index in [4.69, 9.17) is 4.98 Å².